The maximum atomic E-state index is 11.1. The number of halogens is 2. The molecule has 78 valence electrons. The van der Waals surface area contributed by atoms with Crippen LogP contribution < -0.4 is 4.74 Å². The minimum atomic E-state index is -3.73. The summed E-state index contributed by atoms with van der Waals surface area (Å²) in [6.07, 6.45) is 0. The SMILES string of the molecule is CCOc1ccc(Br)c(S(=O)(=O)Cl)c1. The molecule has 0 bridgehead atoms. The first-order chi connectivity index (χ1) is 6.45. The number of hydrogen-bond acceptors (Lipinski definition) is 3. The Labute approximate surface area is 95.6 Å². The highest BCUT2D eigenvalue weighted by molar-refractivity contribution is 9.10. The van der Waals surface area contributed by atoms with E-state index in [1.807, 2.05) is 6.92 Å². The predicted octanol–water partition coefficient (Wildman–Crippen LogP) is 2.78. The molecule has 0 N–H and O–H groups in total. The van der Waals surface area contributed by atoms with Crippen molar-refractivity contribution in [1.29, 1.82) is 0 Å². The summed E-state index contributed by atoms with van der Waals surface area (Å²) in [5.74, 6) is 0.481. The van der Waals surface area contributed by atoms with Gasteiger partial charge < -0.3 is 4.74 Å². The maximum absolute atomic E-state index is 11.1. The molecule has 3 nitrogen and oxygen atoms in total. The van der Waals surface area contributed by atoms with Crippen LogP contribution in [0.5, 0.6) is 5.75 Å². The zero-order valence-corrected chi connectivity index (χ0v) is 10.5. The third-order valence-corrected chi connectivity index (χ3v) is 3.79. The second-order valence-electron chi connectivity index (χ2n) is 2.46. The molecular weight excluding hydrogens is 292 g/mol. The van der Waals surface area contributed by atoms with Crippen LogP contribution in [0, 0.1) is 0 Å². The third-order valence-electron chi connectivity index (χ3n) is 1.48. The molecule has 0 radical (unpaired) electrons. The molecule has 14 heavy (non-hydrogen) atoms. The molecule has 0 saturated heterocycles. The summed E-state index contributed by atoms with van der Waals surface area (Å²) in [5, 5.41) is 0. The van der Waals surface area contributed by atoms with E-state index in [0.29, 0.717) is 16.8 Å². The van der Waals surface area contributed by atoms with Crippen LogP contribution >= 0.6 is 26.6 Å². The monoisotopic (exact) mass is 298 g/mol. The van der Waals surface area contributed by atoms with Crippen LogP contribution in [0.15, 0.2) is 27.6 Å². The van der Waals surface area contributed by atoms with Crippen LogP contribution in [0.1, 0.15) is 6.92 Å². The van der Waals surface area contributed by atoms with Gasteiger partial charge in [0, 0.05) is 21.2 Å². The average Bonchev–Trinajstić information content (AvgIpc) is 2.07. The van der Waals surface area contributed by atoms with Crippen molar-refractivity contribution >= 4 is 35.7 Å². The lowest BCUT2D eigenvalue weighted by molar-refractivity contribution is 0.339. The Hall–Kier alpha value is -0.260. The van der Waals surface area contributed by atoms with Crippen LogP contribution in [0.3, 0.4) is 0 Å². The highest BCUT2D eigenvalue weighted by Crippen LogP contribution is 2.28. The molecule has 1 aromatic carbocycles. The molecule has 0 unspecified atom stereocenters. The molecule has 0 fully saturated rings. The van der Waals surface area contributed by atoms with Gasteiger partial charge in [-0.1, -0.05) is 0 Å². The number of benzene rings is 1. The van der Waals surface area contributed by atoms with Crippen molar-refractivity contribution in [2.45, 2.75) is 11.8 Å². The standard InChI is InChI=1S/C8H8BrClO3S/c1-2-13-6-3-4-7(9)8(5-6)14(10,11)12/h3-5H,2H2,1H3. The van der Waals surface area contributed by atoms with E-state index >= 15 is 0 Å². The zero-order chi connectivity index (χ0) is 10.8. The second kappa shape index (κ2) is 4.51. The van der Waals surface area contributed by atoms with E-state index in [1.165, 1.54) is 6.07 Å². The van der Waals surface area contributed by atoms with Crippen molar-refractivity contribution in [2.24, 2.45) is 0 Å². The number of rotatable bonds is 3. The lowest BCUT2D eigenvalue weighted by Crippen LogP contribution is -1.96. The Morgan fingerprint density at radius 2 is 2.14 bits per heavy atom. The fourth-order valence-corrected chi connectivity index (χ4v) is 3.03. The molecule has 0 heterocycles. The minimum absolute atomic E-state index is 0.0186. The van der Waals surface area contributed by atoms with Crippen molar-refractivity contribution in [3.8, 4) is 5.75 Å². The summed E-state index contributed by atoms with van der Waals surface area (Å²) in [5.41, 5.74) is 0. The number of hydrogen-bond donors (Lipinski definition) is 0. The molecule has 1 rings (SSSR count). The van der Waals surface area contributed by atoms with Crippen LogP contribution in [0.2, 0.25) is 0 Å². The molecule has 0 spiro atoms. The van der Waals surface area contributed by atoms with Crippen LogP contribution in [0.25, 0.3) is 0 Å². The third kappa shape index (κ3) is 2.87. The molecule has 0 atom stereocenters. The summed E-state index contributed by atoms with van der Waals surface area (Å²) in [7, 11) is 1.49. The van der Waals surface area contributed by atoms with E-state index in [-0.39, 0.29) is 4.90 Å². The Bertz CT molecular complexity index is 430. The van der Waals surface area contributed by atoms with Crippen molar-refractivity contribution in [2.75, 3.05) is 6.61 Å². The minimum Gasteiger partial charge on any atom is -0.494 e. The van der Waals surface area contributed by atoms with E-state index in [9.17, 15) is 8.42 Å². The summed E-state index contributed by atoms with van der Waals surface area (Å²) in [6, 6.07) is 4.63. The largest absolute Gasteiger partial charge is 0.494 e. The molecule has 0 aliphatic heterocycles. The van der Waals surface area contributed by atoms with E-state index < -0.39 is 9.05 Å². The zero-order valence-electron chi connectivity index (χ0n) is 7.33. The topological polar surface area (TPSA) is 43.4 Å². The first-order valence-electron chi connectivity index (χ1n) is 3.82. The Morgan fingerprint density at radius 1 is 1.50 bits per heavy atom. The fraction of sp³-hybridized carbons (Fsp3) is 0.250. The van der Waals surface area contributed by atoms with Crippen molar-refractivity contribution < 1.29 is 13.2 Å². The van der Waals surface area contributed by atoms with E-state index in [4.69, 9.17) is 15.4 Å². The van der Waals surface area contributed by atoms with Gasteiger partial charge in [0.05, 0.1) is 6.61 Å². The van der Waals surface area contributed by atoms with Crippen molar-refractivity contribution in [1.82, 2.24) is 0 Å². The van der Waals surface area contributed by atoms with Crippen LogP contribution in [-0.4, -0.2) is 15.0 Å². The normalized spacial score (nSPS) is 11.4. The Balaban J connectivity index is 3.22. The van der Waals surface area contributed by atoms with Gasteiger partial charge in [-0.3, -0.25) is 0 Å². The highest BCUT2D eigenvalue weighted by atomic mass is 79.9. The van der Waals surface area contributed by atoms with Gasteiger partial charge in [-0.2, -0.15) is 0 Å². The van der Waals surface area contributed by atoms with Gasteiger partial charge in [-0.25, -0.2) is 8.42 Å². The van der Waals surface area contributed by atoms with Gasteiger partial charge in [0.2, 0.25) is 0 Å². The lowest BCUT2D eigenvalue weighted by atomic mass is 10.3. The summed E-state index contributed by atoms with van der Waals surface area (Å²) in [6.45, 7) is 2.29. The van der Waals surface area contributed by atoms with Crippen LogP contribution in [-0.2, 0) is 9.05 Å². The molecule has 0 aliphatic rings. The second-order valence-corrected chi connectivity index (χ2v) is 5.85. The van der Waals surface area contributed by atoms with Gasteiger partial charge in [-0.05, 0) is 35.0 Å². The maximum Gasteiger partial charge on any atom is 0.262 e. The summed E-state index contributed by atoms with van der Waals surface area (Å²) < 4.78 is 27.8. The Kier molecular flexibility index (Phi) is 3.80. The highest BCUT2D eigenvalue weighted by Gasteiger charge is 2.15. The van der Waals surface area contributed by atoms with Gasteiger partial charge in [0.25, 0.3) is 9.05 Å². The quantitative estimate of drug-likeness (QED) is 0.806. The fourth-order valence-electron chi connectivity index (χ4n) is 0.927. The Morgan fingerprint density at radius 3 is 2.64 bits per heavy atom. The molecular formula is C8H8BrClO3S. The molecule has 1 aromatic rings. The molecule has 0 saturated carbocycles. The first-order valence-corrected chi connectivity index (χ1v) is 6.92. The molecule has 0 amide bonds. The van der Waals surface area contributed by atoms with E-state index in [0.717, 1.165) is 0 Å². The van der Waals surface area contributed by atoms with Crippen LogP contribution in [0.4, 0.5) is 0 Å². The lowest BCUT2D eigenvalue weighted by Gasteiger charge is -2.05. The van der Waals surface area contributed by atoms with Gasteiger partial charge >= 0.3 is 0 Å². The van der Waals surface area contributed by atoms with Gasteiger partial charge in [-0.15, -0.1) is 0 Å². The summed E-state index contributed by atoms with van der Waals surface area (Å²) in [4.78, 5) is 0.0186. The van der Waals surface area contributed by atoms with E-state index in [2.05, 4.69) is 15.9 Å². The number of ether oxygens (including phenoxy) is 1. The smallest absolute Gasteiger partial charge is 0.262 e. The molecule has 0 aromatic heterocycles. The summed E-state index contributed by atoms with van der Waals surface area (Å²) >= 11 is 3.10. The first kappa shape index (κ1) is 11.8. The van der Waals surface area contributed by atoms with Gasteiger partial charge in [0.15, 0.2) is 0 Å². The molecule has 0 aliphatic carbocycles. The predicted molar refractivity (Wildman–Crippen MR) is 58.3 cm³/mol. The average molecular weight is 300 g/mol. The van der Waals surface area contributed by atoms with Crippen molar-refractivity contribution in [3.05, 3.63) is 22.7 Å². The van der Waals surface area contributed by atoms with Gasteiger partial charge in [0.1, 0.15) is 10.6 Å². The molecule has 6 heteroatoms. The van der Waals surface area contributed by atoms with E-state index in [1.54, 1.807) is 12.1 Å². The van der Waals surface area contributed by atoms with Crippen molar-refractivity contribution in [3.63, 3.8) is 0 Å².